The first-order valence-electron chi connectivity index (χ1n) is 7.35. The second-order valence-corrected chi connectivity index (χ2v) is 7.19. The summed E-state index contributed by atoms with van der Waals surface area (Å²) in [5, 5.41) is 3.50. The van der Waals surface area contributed by atoms with Crippen molar-refractivity contribution in [1.82, 2.24) is 14.4 Å². The van der Waals surface area contributed by atoms with Crippen molar-refractivity contribution in [3.05, 3.63) is 54.0 Å². The third-order valence-corrected chi connectivity index (χ3v) is 5.39. The van der Waals surface area contributed by atoms with Crippen LogP contribution in [0.15, 0.2) is 47.5 Å². The molecule has 0 aliphatic heterocycles. The molecule has 24 heavy (non-hydrogen) atoms. The van der Waals surface area contributed by atoms with E-state index in [9.17, 15) is 4.79 Å². The SMILES string of the molecule is CSc1ccc2nc(NC(=O)c3c(C)nc4ccccn34)sc2c1. The third-order valence-electron chi connectivity index (χ3n) is 3.74. The van der Waals surface area contributed by atoms with Gasteiger partial charge in [-0.15, -0.1) is 11.8 Å². The van der Waals surface area contributed by atoms with E-state index >= 15 is 0 Å². The van der Waals surface area contributed by atoms with Crippen LogP contribution in [-0.2, 0) is 0 Å². The molecule has 7 heteroatoms. The maximum Gasteiger partial charge on any atom is 0.276 e. The van der Waals surface area contributed by atoms with Crippen LogP contribution in [0.2, 0.25) is 0 Å². The van der Waals surface area contributed by atoms with Gasteiger partial charge < -0.3 is 0 Å². The number of thioether (sulfide) groups is 1. The van der Waals surface area contributed by atoms with E-state index < -0.39 is 0 Å². The highest BCUT2D eigenvalue weighted by Crippen LogP contribution is 2.29. The zero-order valence-corrected chi connectivity index (χ0v) is 14.7. The number of hydrogen-bond acceptors (Lipinski definition) is 5. The van der Waals surface area contributed by atoms with Crippen LogP contribution in [0.4, 0.5) is 5.13 Å². The molecule has 0 aliphatic carbocycles. The van der Waals surface area contributed by atoms with Gasteiger partial charge in [0.25, 0.3) is 5.91 Å². The maximum absolute atomic E-state index is 12.7. The second kappa shape index (κ2) is 5.92. The monoisotopic (exact) mass is 354 g/mol. The lowest BCUT2D eigenvalue weighted by Crippen LogP contribution is -2.15. The smallest absolute Gasteiger partial charge is 0.276 e. The lowest BCUT2D eigenvalue weighted by molar-refractivity contribution is 0.102. The fourth-order valence-electron chi connectivity index (χ4n) is 2.63. The van der Waals surface area contributed by atoms with Gasteiger partial charge in [0, 0.05) is 11.1 Å². The number of carbonyl (C=O) groups excluding carboxylic acids is 1. The number of hydrogen-bond donors (Lipinski definition) is 1. The van der Waals surface area contributed by atoms with E-state index in [2.05, 4.69) is 21.4 Å². The van der Waals surface area contributed by atoms with Crippen molar-refractivity contribution in [1.29, 1.82) is 0 Å². The molecule has 1 amide bonds. The average Bonchev–Trinajstić information content (AvgIpc) is 3.12. The van der Waals surface area contributed by atoms with Crippen LogP contribution in [0.1, 0.15) is 16.2 Å². The predicted octanol–water partition coefficient (Wildman–Crippen LogP) is 4.23. The number of aromatic nitrogens is 3. The molecule has 3 heterocycles. The Kier molecular flexibility index (Phi) is 3.74. The zero-order valence-electron chi connectivity index (χ0n) is 13.1. The lowest BCUT2D eigenvalue weighted by atomic mass is 10.3. The van der Waals surface area contributed by atoms with Crippen molar-refractivity contribution in [2.45, 2.75) is 11.8 Å². The molecule has 0 radical (unpaired) electrons. The normalized spacial score (nSPS) is 11.2. The number of benzene rings is 1. The van der Waals surface area contributed by atoms with E-state index in [1.165, 1.54) is 16.2 Å². The van der Waals surface area contributed by atoms with E-state index in [4.69, 9.17) is 0 Å². The van der Waals surface area contributed by atoms with Gasteiger partial charge in [0.2, 0.25) is 0 Å². The molecule has 1 aromatic carbocycles. The molecule has 4 rings (SSSR count). The summed E-state index contributed by atoms with van der Waals surface area (Å²) in [6, 6.07) is 11.8. The number of amides is 1. The molecule has 0 spiro atoms. The van der Waals surface area contributed by atoms with Gasteiger partial charge in [0.1, 0.15) is 11.3 Å². The summed E-state index contributed by atoms with van der Waals surface area (Å²) >= 11 is 3.17. The minimum Gasteiger partial charge on any atom is -0.296 e. The fraction of sp³-hybridized carbons (Fsp3) is 0.118. The number of imidazole rings is 1. The fourth-order valence-corrected chi connectivity index (χ4v) is 4.04. The van der Waals surface area contributed by atoms with Crippen molar-refractivity contribution in [2.24, 2.45) is 0 Å². The number of anilines is 1. The summed E-state index contributed by atoms with van der Waals surface area (Å²) in [4.78, 5) is 22.8. The van der Waals surface area contributed by atoms with E-state index in [1.807, 2.05) is 49.7 Å². The van der Waals surface area contributed by atoms with E-state index in [0.29, 0.717) is 16.5 Å². The average molecular weight is 354 g/mol. The molecule has 120 valence electrons. The third kappa shape index (κ3) is 2.55. The quantitative estimate of drug-likeness (QED) is 0.560. The zero-order chi connectivity index (χ0) is 16.7. The molecule has 0 saturated heterocycles. The largest absolute Gasteiger partial charge is 0.296 e. The van der Waals surface area contributed by atoms with Crippen LogP contribution < -0.4 is 5.32 Å². The van der Waals surface area contributed by atoms with Crippen LogP contribution in [0.5, 0.6) is 0 Å². The standard InChI is InChI=1S/C17H14N4OS2/c1-10-15(21-8-4-3-5-14(21)18-10)16(22)20-17-19-12-7-6-11(23-2)9-13(12)24-17/h3-9H,1-2H3,(H,19,20,22). The van der Waals surface area contributed by atoms with Gasteiger partial charge in [-0.05, 0) is 43.5 Å². The Hall–Kier alpha value is -2.38. The molecule has 0 unspecified atom stereocenters. The summed E-state index contributed by atoms with van der Waals surface area (Å²) in [7, 11) is 0. The molecule has 3 aromatic heterocycles. The van der Waals surface area contributed by atoms with Crippen LogP contribution in [0.3, 0.4) is 0 Å². The van der Waals surface area contributed by atoms with Crippen LogP contribution >= 0.6 is 23.1 Å². The Morgan fingerprint density at radius 3 is 2.96 bits per heavy atom. The number of aryl methyl sites for hydroxylation is 1. The minimum atomic E-state index is -0.199. The van der Waals surface area contributed by atoms with Gasteiger partial charge in [0.15, 0.2) is 5.13 Å². The van der Waals surface area contributed by atoms with E-state index in [0.717, 1.165) is 15.9 Å². The molecule has 1 N–H and O–H groups in total. The van der Waals surface area contributed by atoms with E-state index in [-0.39, 0.29) is 5.91 Å². The number of fused-ring (bicyclic) bond motifs is 2. The molecular formula is C17H14N4OS2. The number of thiazole rings is 1. The van der Waals surface area contributed by atoms with Crippen LogP contribution in [0.25, 0.3) is 15.9 Å². The van der Waals surface area contributed by atoms with Crippen molar-refractivity contribution in [3.8, 4) is 0 Å². The van der Waals surface area contributed by atoms with Crippen LogP contribution in [0, 0.1) is 6.92 Å². The molecule has 0 bridgehead atoms. The molecule has 5 nitrogen and oxygen atoms in total. The Morgan fingerprint density at radius 2 is 2.12 bits per heavy atom. The number of pyridine rings is 1. The molecule has 0 saturated carbocycles. The van der Waals surface area contributed by atoms with Crippen molar-refractivity contribution < 1.29 is 4.79 Å². The van der Waals surface area contributed by atoms with Crippen LogP contribution in [-0.4, -0.2) is 26.5 Å². The van der Waals surface area contributed by atoms with Gasteiger partial charge in [-0.3, -0.25) is 14.5 Å². The maximum atomic E-state index is 12.7. The second-order valence-electron chi connectivity index (χ2n) is 5.28. The highest BCUT2D eigenvalue weighted by Gasteiger charge is 2.18. The van der Waals surface area contributed by atoms with Gasteiger partial charge in [0.05, 0.1) is 15.9 Å². The molecule has 0 atom stereocenters. The summed E-state index contributed by atoms with van der Waals surface area (Å²) in [5.74, 6) is -0.199. The summed E-state index contributed by atoms with van der Waals surface area (Å²) < 4.78 is 2.86. The van der Waals surface area contributed by atoms with Gasteiger partial charge in [-0.25, -0.2) is 9.97 Å². The minimum absolute atomic E-state index is 0.199. The number of carbonyl (C=O) groups is 1. The topological polar surface area (TPSA) is 59.3 Å². The Balaban J connectivity index is 1.69. The highest BCUT2D eigenvalue weighted by atomic mass is 32.2. The first kappa shape index (κ1) is 15.2. The molecule has 0 aliphatic rings. The van der Waals surface area contributed by atoms with Crippen molar-refractivity contribution >= 4 is 50.0 Å². The Bertz CT molecular complexity index is 1070. The lowest BCUT2D eigenvalue weighted by Gasteiger charge is -2.02. The van der Waals surface area contributed by atoms with Gasteiger partial charge in [-0.1, -0.05) is 17.4 Å². The Labute approximate surface area is 146 Å². The summed E-state index contributed by atoms with van der Waals surface area (Å²) in [6.45, 7) is 1.84. The number of nitrogens with zero attached hydrogens (tertiary/aromatic N) is 3. The highest BCUT2D eigenvalue weighted by molar-refractivity contribution is 7.98. The predicted molar refractivity (Wildman–Crippen MR) is 99.3 cm³/mol. The van der Waals surface area contributed by atoms with Gasteiger partial charge >= 0.3 is 0 Å². The van der Waals surface area contributed by atoms with Crippen molar-refractivity contribution in [2.75, 3.05) is 11.6 Å². The summed E-state index contributed by atoms with van der Waals surface area (Å²) in [6.07, 6.45) is 3.88. The summed E-state index contributed by atoms with van der Waals surface area (Å²) in [5.41, 5.74) is 2.89. The molecule has 0 fully saturated rings. The van der Waals surface area contributed by atoms with E-state index in [1.54, 1.807) is 16.2 Å². The number of nitrogens with one attached hydrogen (secondary N) is 1. The Morgan fingerprint density at radius 1 is 1.25 bits per heavy atom. The number of rotatable bonds is 3. The molecule has 4 aromatic rings. The first-order valence-corrected chi connectivity index (χ1v) is 9.39. The molecular weight excluding hydrogens is 340 g/mol. The first-order chi connectivity index (χ1) is 11.7. The van der Waals surface area contributed by atoms with Gasteiger partial charge in [-0.2, -0.15) is 0 Å². The van der Waals surface area contributed by atoms with Crippen molar-refractivity contribution in [3.63, 3.8) is 0 Å².